The standard InChI is InChI=1S/C64H55BN2O2/c1-34-25-44-40-26-42-43-28-48-49(63(7,8)24-23-62(48,5)6)31-55(43)69-57(42)33-52(40)67(36-21-19-35(20-22-36)61(2,3)4)65-50-29-39-37-15-11-13-17-46(37)64(9,10)47(39)30-53(50)66-51-32-56-41(38-16-12-14-18-54(38)68-56)27-45(51)58(34)60(66)59(44)65/h11-22,25-33H,23-24H2,1-10H3. The highest BCUT2D eigenvalue weighted by molar-refractivity contribution is 6.93. The summed E-state index contributed by atoms with van der Waals surface area (Å²) in [5.74, 6) is 0. The Balaban J connectivity index is 1.11. The third-order valence-corrected chi connectivity index (χ3v) is 17.7. The molecule has 3 aromatic heterocycles. The molecule has 4 aliphatic rings. The van der Waals surface area contributed by atoms with E-state index in [1.54, 1.807) is 0 Å². The molecule has 336 valence electrons. The number of hydrogen-bond donors (Lipinski definition) is 0. The normalized spacial score (nSPS) is 17.0. The second-order valence-corrected chi connectivity index (χ2v) is 24.0. The molecule has 0 bridgehead atoms. The minimum Gasteiger partial charge on any atom is -0.456 e. The molecule has 0 saturated carbocycles. The lowest BCUT2D eigenvalue weighted by Gasteiger charge is -2.42. The highest BCUT2D eigenvalue weighted by Crippen LogP contribution is 2.54. The maximum absolute atomic E-state index is 7.11. The van der Waals surface area contributed by atoms with Crippen LogP contribution in [0.4, 0.5) is 11.4 Å². The zero-order valence-electron chi connectivity index (χ0n) is 41.3. The molecule has 0 amide bonds. The van der Waals surface area contributed by atoms with Crippen LogP contribution in [-0.2, 0) is 21.7 Å². The van der Waals surface area contributed by atoms with Gasteiger partial charge in [0.05, 0.1) is 11.0 Å². The molecule has 0 atom stereocenters. The fourth-order valence-corrected chi connectivity index (χ4v) is 13.8. The highest BCUT2D eigenvalue weighted by Gasteiger charge is 2.47. The van der Waals surface area contributed by atoms with Gasteiger partial charge >= 0.3 is 6.85 Å². The van der Waals surface area contributed by atoms with E-state index in [2.05, 4.69) is 206 Å². The Hall–Kier alpha value is -6.98. The fraction of sp³-hybridized carbons (Fsp3) is 0.250. The lowest BCUT2D eigenvalue weighted by molar-refractivity contribution is 0.332. The van der Waals surface area contributed by atoms with Crippen molar-refractivity contribution in [2.24, 2.45) is 0 Å². The Morgan fingerprint density at radius 2 is 1.19 bits per heavy atom. The monoisotopic (exact) mass is 894 g/mol. The van der Waals surface area contributed by atoms with Crippen LogP contribution in [0, 0.1) is 6.92 Å². The van der Waals surface area contributed by atoms with Crippen molar-refractivity contribution in [1.29, 1.82) is 0 Å². The number of hydrogen-bond acceptors (Lipinski definition) is 3. The minimum absolute atomic E-state index is 0.0149. The molecule has 5 heteroatoms. The van der Waals surface area contributed by atoms with Crippen molar-refractivity contribution in [3.05, 3.63) is 161 Å². The molecule has 15 rings (SSSR count). The van der Waals surface area contributed by atoms with Crippen LogP contribution in [0.2, 0.25) is 0 Å². The van der Waals surface area contributed by atoms with Gasteiger partial charge in [-0.15, -0.1) is 0 Å². The van der Waals surface area contributed by atoms with Crippen molar-refractivity contribution in [2.75, 3.05) is 4.81 Å². The van der Waals surface area contributed by atoms with E-state index < -0.39 is 0 Å². The maximum atomic E-state index is 7.11. The molecule has 11 aromatic rings. The number of fused-ring (bicyclic) bond motifs is 18. The summed E-state index contributed by atoms with van der Waals surface area (Å²) in [6, 6.07) is 49.2. The number of aryl methyl sites for hydroxylation is 1. The van der Waals surface area contributed by atoms with E-state index in [1.165, 1.54) is 123 Å². The third kappa shape index (κ3) is 5.01. The summed E-state index contributed by atoms with van der Waals surface area (Å²) in [6.45, 7) is 23.6. The zero-order valence-corrected chi connectivity index (χ0v) is 41.3. The van der Waals surface area contributed by atoms with Gasteiger partial charge in [0.2, 0.25) is 0 Å². The summed E-state index contributed by atoms with van der Waals surface area (Å²) >= 11 is 0. The highest BCUT2D eigenvalue weighted by atomic mass is 16.3. The molecule has 2 aliphatic heterocycles. The minimum atomic E-state index is -0.175. The summed E-state index contributed by atoms with van der Waals surface area (Å²) in [5.41, 5.74) is 25.9. The van der Waals surface area contributed by atoms with Crippen LogP contribution in [0.3, 0.4) is 0 Å². The number of rotatable bonds is 1. The smallest absolute Gasteiger partial charge is 0.333 e. The Bertz CT molecular complexity index is 4160. The van der Waals surface area contributed by atoms with E-state index >= 15 is 0 Å². The van der Waals surface area contributed by atoms with Crippen LogP contribution in [0.1, 0.15) is 109 Å². The van der Waals surface area contributed by atoms with E-state index in [-0.39, 0.29) is 28.5 Å². The average Bonchev–Trinajstić information content (AvgIpc) is 4.04. The first-order valence-corrected chi connectivity index (χ1v) is 25.1. The third-order valence-electron chi connectivity index (χ3n) is 17.7. The molecule has 0 spiro atoms. The van der Waals surface area contributed by atoms with E-state index in [0.717, 1.165) is 39.5 Å². The molecule has 0 saturated heterocycles. The number of benzene rings is 8. The molecule has 0 fully saturated rings. The molecule has 0 N–H and O–H groups in total. The van der Waals surface area contributed by atoms with Crippen molar-refractivity contribution in [3.63, 3.8) is 0 Å². The maximum Gasteiger partial charge on any atom is 0.333 e. The molecule has 8 aromatic carbocycles. The van der Waals surface area contributed by atoms with Gasteiger partial charge in [-0.25, -0.2) is 0 Å². The average molecular weight is 895 g/mol. The van der Waals surface area contributed by atoms with Gasteiger partial charge in [0.25, 0.3) is 0 Å². The van der Waals surface area contributed by atoms with Crippen LogP contribution < -0.4 is 15.7 Å². The molecule has 0 radical (unpaired) electrons. The molecule has 0 unspecified atom stereocenters. The van der Waals surface area contributed by atoms with Gasteiger partial charge in [0.15, 0.2) is 0 Å². The quantitative estimate of drug-likeness (QED) is 0.154. The fourth-order valence-electron chi connectivity index (χ4n) is 13.8. The molecular formula is C64H55BN2O2. The summed E-state index contributed by atoms with van der Waals surface area (Å²) in [7, 11) is 0. The van der Waals surface area contributed by atoms with Crippen molar-refractivity contribution >= 4 is 94.8 Å². The summed E-state index contributed by atoms with van der Waals surface area (Å²) in [6.07, 6.45) is 2.33. The number of nitrogens with zero attached hydrogens (tertiary/aromatic N) is 2. The first-order valence-electron chi connectivity index (χ1n) is 25.1. The Labute approximate surface area is 403 Å². The topological polar surface area (TPSA) is 34.5 Å². The van der Waals surface area contributed by atoms with Crippen LogP contribution >= 0.6 is 0 Å². The number of aromatic nitrogens is 1. The van der Waals surface area contributed by atoms with Gasteiger partial charge in [-0.1, -0.05) is 129 Å². The Morgan fingerprint density at radius 3 is 1.97 bits per heavy atom. The van der Waals surface area contributed by atoms with Crippen LogP contribution in [0.5, 0.6) is 0 Å². The van der Waals surface area contributed by atoms with E-state index in [1.807, 2.05) is 0 Å². The zero-order chi connectivity index (χ0) is 47.0. The van der Waals surface area contributed by atoms with Gasteiger partial charge in [-0.2, -0.15) is 0 Å². The van der Waals surface area contributed by atoms with Gasteiger partial charge in [-0.3, -0.25) is 0 Å². The van der Waals surface area contributed by atoms with Crippen molar-refractivity contribution < 1.29 is 8.83 Å². The summed E-state index contributed by atoms with van der Waals surface area (Å²) in [4.78, 5) is 2.67. The van der Waals surface area contributed by atoms with Crippen LogP contribution in [0.25, 0.3) is 93.6 Å². The lowest BCUT2D eigenvalue weighted by Crippen LogP contribution is -2.60. The molecule has 69 heavy (non-hydrogen) atoms. The van der Waals surface area contributed by atoms with Crippen molar-refractivity contribution in [3.8, 4) is 27.9 Å². The molecule has 2 aliphatic carbocycles. The van der Waals surface area contributed by atoms with Crippen LogP contribution in [0.15, 0.2) is 136 Å². The second kappa shape index (κ2) is 12.6. The van der Waals surface area contributed by atoms with Crippen LogP contribution in [-0.4, -0.2) is 11.4 Å². The van der Waals surface area contributed by atoms with Gasteiger partial charge in [0, 0.05) is 72.5 Å². The predicted molar refractivity (Wildman–Crippen MR) is 291 cm³/mol. The second-order valence-electron chi connectivity index (χ2n) is 24.0. The summed E-state index contributed by atoms with van der Waals surface area (Å²) < 4.78 is 16.4. The SMILES string of the molecule is Cc1cc2c3c4c1c1cc5c(cc1n4-c1cc4c(cc1B3N(c1ccc(C(C)(C)C)cc1)c1cc3oc6cc7c(cc6c3cc1-2)C(C)(C)CCC7(C)C)-c1ccccc1C4(C)C)oc1ccccc15. The Kier molecular flexibility index (Phi) is 7.31. The Morgan fingerprint density at radius 1 is 0.522 bits per heavy atom. The van der Waals surface area contributed by atoms with Gasteiger partial charge < -0.3 is 18.2 Å². The van der Waals surface area contributed by atoms with Gasteiger partial charge in [0.1, 0.15) is 22.3 Å². The predicted octanol–water partition coefficient (Wildman–Crippen LogP) is 16.1. The van der Waals surface area contributed by atoms with E-state index in [9.17, 15) is 0 Å². The van der Waals surface area contributed by atoms with E-state index in [0.29, 0.717) is 0 Å². The first kappa shape index (κ1) is 40.0. The molecule has 5 heterocycles. The summed E-state index contributed by atoms with van der Waals surface area (Å²) in [5, 5.41) is 7.27. The van der Waals surface area contributed by atoms with Gasteiger partial charge in [-0.05, 0) is 146 Å². The van der Waals surface area contributed by atoms with E-state index in [4.69, 9.17) is 8.83 Å². The van der Waals surface area contributed by atoms with Crippen molar-refractivity contribution in [2.45, 2.75) is 104 Å². The lowest BCUT2D eigenvalue weighted by atomic mass is 9.43. The number of para-hydroxylation sites is 1. The molecule has 4 nitrogen and oxygen atoms in total. The largest absolute Gasteiger partial charge is 0.456 e. The first-order chi connectivity index (χ1) is 33.0. The van der Waals surface area contributed by atoms with Crippen molar-refractivity contribution in [1.82, 2.24) is 4.57 Å². The molecular weight excluding hydrogens is 840 g/mol. The number of furan rings is 2. The number of anilines is 2.